The first-order chi connectivity index (χ1) is 17.3. The van der Waals surface area contributed by atoms with E-state index in [4.69, 9.17) is 15.3 Å². The van der Waals surface area contributed by atoms with Crippen LogP contribution in [0.25, 0.3) is 0 Å². The van der Waals surface area contributed by atoms with Crippen LogP contribution in [0.1, 0.15) is 0 Å². The van der Waals surface area contributed by atoms with Gasteiger partial charge >= 0.3 is 35.2 Å². The van der Waals surface area contributed by atoms with Crippen molar-refractivity contribution in [1.29, 1.82) is 0 Å². The Morgan fingerprint density at radius 2 is 0.694 bits per heavy atom. The number of carbonyl (C=O) groups excluding carboxylic acids is 3. The number of carbonyl (C=O) groups is 3. The number of nitrogens with zero attached hydrogens (tertiary/aromatic N) is 3. The van der Waals surface area contributed by atoms with E-state index in [0.29, 0.717) is 0 Å². The van der Waals surface area contributed by atoms with Crippen molar-refractivity contribution >= 4 is 18.1 Å². The highest BCUT2D eigenvalue weighted by Crippen LogP contribution is 1.80. The standard InChI is InChI=1S/C18H33N9O9/c28-10-4-22-13(31)19-1-7-25-16(34)26(8-2-20-14(32)23-5-11-29)18(36)27(17(25)35)9-3-21-15(33)24-6-12-30/h28-30H,1-12H2,(H2,19,22,31)(H2,20,23,32)(H2,21,24,33). The lowest BCUT2D eigenvalue weighted by molar-refractivity contribution is 0.233. The van der Waals surface area contributed by atoms with E-state index in [0.717, 1.165) is 13.7 Å². The molecule has 204 valence electrons. The molecule has 0 aliphatic carbocycles. The van der Waals surface area contributed by atoms with E-state index in [1.807, 2.05) is 0 Å². The minimum Gasteiger partial charge on any atom is -0.395 e. The van der Waals surface area contributed by atoms with Gasteiger partial charge < -0.3 is 47.2 Å². The summed E-state index contributed by atoms with van der Waals surface area (Å²) in [5.74, 6) is 0. The van der Waals surface area contributed by atoms with Gasteiger partial charge in [-0.05, 0) is 0 Å². The van der Waals surface area contributed by atoms with E-state index >= 15 is 0 Å². The molecule has 18 nitrogen and oxygen atoms in total. The molecule has 6 amide bonds. The zero-order valence-electron chi connectivity index (χ0n) is 19.6. The van der Waals surface area contributed by atoms with Gasteiger partial charge in [-0.1, -0.05) is 0 Å². The normalized spacial score (nSPS) is 10.4. The maximum absolute atomic E-state index is 12.8. The summed E-state index contributed by atoms with van der Waals surface area (Å²) in [4.78, 5) is 73.4. The average Bonchev–Trinajstić information content (AvgIpc) is 2.86. The van der Waals surface area contributed by atoms with Crippen LogP contribution in [0.15, 0.2) is 14.4 Å². The van der Waals surface area contributed by atoms with Crippen molar-refractivity contribution in [3.8, 4) is 0 Å². The molecule has 0 bridgehead atoms. The van der Waals surface area contributed by atoms with E-state index in [1.165, 1.54) is 0 Å². The molecule has 0 unspecified atom stereocenters. The lowest BCUT2D eigenvalue weighted by atomic mass is 10.5. The highest BCUT2D eigenvalue weighted by Gasteiger charge is 2.16. The van der Waals surface area contributed by atoms with E-state index in [1.54, 1.807) is 0 Å². The van der Waals surface area contributed by atoms with Crippen LogP contribution in [0.2, 0.25) is 0 Å². The van der Waals surface area contributed by atoms with Crippen molar-refractivity contribution in [2.75, 3.05) is 59.1 Å². The quantitative estimate of drug-likeness (QED) is 0.107. The molecule has 1 aromatic heterocycles. The van der Waals surface area contributed by atoms with Gasteiger partial charge in [0.2, 0.25) is 0 Å². The maximum Gasteiger partial charge on any atom is 0.336 e. The first kappa shape index (κ1) is 30.1. The van der Waals surface area contributed by atoms with Crippen LogP contribution in [0.5, 0.6) is 0 Å². The summed E-state index contributed by atoms with van der Waals surface area (Å²) >= 11 is 0. The summed E-state index contributed by atoms with van der Waals surface area (Å²) < 4.78 is 2.18. The third-order valence-electron chi connectivity index (χ3n) is 4.44. The lowest BCUT2D eigenvalue weighted by Gasteiger charge is -2.15. The summed E-state index contributed by atoms with van der Waals surface area (Å²) in [6.07, 6.45) is 0. The van der Waals surface area contributed by atoms with Crippen molar-refractivity contribution in [2.45, 2.75) is 19.6 Å². The summed E-state index contributed by atoms with van der Waals surface area (Å²) in [5.41, 5.74) is -2.90. The Hall–Kier alpha value is -3.90. The molecular weight excluding hydrogens is 486 g/mol. The Labute approximate surface area is 204 Å². The van der Waals surface area contributed by atoms with Crippen LogP contribution in [-0.4, -0.2) is 106 Å². The number of hydrogen-bond donors (Lipinski definition) is 9. The van der Waals surface area contributed by atoms with Gasteiger partial charge in [0.1, 0.15) is 0 Å². The number of aliphatic hydroxyl groups is 3. The number of aromatic nitrogens is 3. The number of urea groups is 3. The predicted octanol–water partition coefficient (Wildman–Crippen LogP) is -5.95. The molecule has 0 atom stereocenters. The fourth-order valence-corrected chi connectivity index (χ4v) is 2.80. The second kappa shape index (κ2) is 16.7. The Morgan fingerprint density at radius 1 is 0.472 bits per heavy atom. The van der Waals surface area contributed by atoms with Crippen molar-refractivity contribution < 1.29 is 29.7 Å². The molecule has 0 saturated carbocycles. The van der Waals surface area contributed by atoms with Gasteiger partial charge in [-0.25, -0.2) is 42.5 Å². The van der Waals surface area contributed by atoms with Crippen LogP contribution >= 0.6 is 0 Å². The van der Waals surface area contributed by atoms with E-state index < -0.39 is 35.2 Å². The smallest absolute Gasteiger partial charge is 0.336 e. The number of hydrogen-bond acceptors (Lipinski definition) is 9. The third kappa shape index (κ3) is 10.2. The molecule has 9 N–H and O–H groups in total. The first-order valence-electron chi connectivity index (χ1n) is 11.1. The number of aliphatic hydroxyl groups excluding tert-OH is 3. The predicted molar refractivity (Wildman–Crippen MR) is 125 cm³/mol. The topological polar surface area (TPSA) is 250 Å². The fourth-order valence-electron chi connectivity index (χ4n) is 2.80. The van der Waals surface area contributed by atoms with Crippen LogP contribution in [0, 0.1) is 0 Å². The Balaban J connectivity index is 3.07. The molecule has 0 radical (unpaired) electrons. The molecule has 0 aromatic carbocycles. The molecular formula is C18H33N9O9. The van der Waals surface area contributed by atoms with Gasteiger partial charge in [0.05, 0.1) is 19.8 Å². The van der Waals surface area contributed by atoms with Crippen LogP contribution in [0.3, 0.4) is 0 Å². The van der Waals surface area contributed by atoms with Gasteiger partial charge in [-0.3, -0.25) is 0 Å². The van der Waals surface area contributed by atoms with Crippen LogP contribution in [-0.2, 0) is 19.6 Å². The van der Waals surface area contributed by atoms with Crippen LogP contribution in [0.4, 0.5) is 14.4 Å². The first-order valence-corrected chi connectivity index (χ1v) is 11.1. The van der Waals surface area contributed by atoms with Crippen molar-refractivity contribution in [3.05, 3.63) is 31.5 Å². The largest absolute Gasteiger partial charge is 0.395 e. The number of nitrogens with one attached hydrogen (secondary N) is 6. The molecule has 1 rings (SSSR count). The van der Waals surface area contributed by atoms with Crippen molar-refractivity contribution in [2.24, 2.45) is 0 Å². The SMILES string of the molecule is O=C(NCCO)NCCn1c(=O)n(CCNC(=O)NCCO)c(=O)n(CCNC(=O)NCCO)c1=O. The molecule has 1 aromatic rings. The molecule has 36 heavy (non-hydrogen) atoms. The van der Waals surface area contributed by atoms with E-state index in [9.17, 15) is 28.8 Å². The van der Waals surface area contributed by atoms with Gasteiger partial charge in [-0.15, -0.1) is 0 Å². The number of amides is 6. The van der Waals surface area contributed by atoms with E-state index in [2.05, 4.69) is 31.9 Å². The Kier molecular flexibility index (Phi) is 14.0. The van der Waals surface area contributed by atoms with Gasteiger partial charge in [0, 0.05) is 58.9 Å². The van der Waals surface area contributed by atoms with Crippen molar-refractivity contribution in [1.82, 2.24) is 45.6 Å². The molecule has 1 heterocycles. The second-order valence-electron chi connectivity index (χ2n) is 7.02. The third-order valence-corrected chi connectivity index (χ3v) is 4.44. The lowest BCUT2D eigenvalue weighted by Crippen LogP contribution is -2.57. The molecule has 0 aliphatic heterocycles. The highest BCUT2D eigenvalue weighted by atomic mass is 16.3. The minimum absolute atomic E-state index is 0.00122. The zero-order chi connectivity index (χ0) is 26.9. The Bertz CT molecular complexity index is 876. The summed E-state index contributed by atoms with van der Waals surface area (Å²) in [6, 6.07) is -1.91. The number of rotatable bonds is 15. The molecule has 0 spiro atoms. The Morgan fingerprint density at radius 3 is 0.917 bits per heavy atom. The summed E-state index contributed by atoms with van der Waals surface area (Å²) in [6.45, 7) is -2.18. The van der Waals surface area contributed by atoms with E-state index in [-0.39, 0.29) is 78.7 Å². The summed E-state index contributed by atoms with van der Waals surface area (Å²) in [7, 11) is 0. The van der Waals surface area contributed by atoms with Crippen molar-refractivity contribution in [3.63, 3.8) is 0 Å². The average molecular weight is 520 g/mol. The van der Waals surface area contributed by atoms with Gasteiger partial charge in [0.25, 0.3) is 0 Å². The van der Waals surface area contributed by atoms with Crippen LogP contribution < -0.4 is 49.0 Å². The molecule has 0 saturated heterocycles. The highest BCUT2D eigenvalue weighted by molar-refractivity contribution is 5.74. The summed E-state index contributed by atoms with van der Waals surface area (Å²) in [5, 5.41) is 40.4. The monoisotopic (exact) mass is 519 g/mol. The second-order valence-corrected chi connectivity index (χ2v) is 7.02. The molecule has 0 aliphatic rings. The zero-order valence-corrected chi connectivity index (χ0v) is 19.6. The molecule has 18 heteroatoms. The minimum atomic E-state index is -0.968. The molecule has 0 fully saturated rings. The van der Waals surface area contributed by atoms with Gasteiger partial charge in [-0.2, -0.15) is 0 Å². The fraction of sp³-hybridized carbons (Fsp3) is 0.667. The van der Waals surface area contributed by atoms with Gasteiger partial charge in [0.15, 0.2) is 0 Å². The maximum atomic E-state index is 12.8.